The lowest BCUT2D eigenvalue weighted by atomic mass is 9.49. The van der Waals surface area contributed by atoms with Gasteiger partial charge in [0.25, 0.3) is 0 Å². The molecule has 0 spiro atoms. The molecule has 27 heavy (non-hydrogen) atoms. The van der Waals surface area contributed by atoms with Gasteiger partial charge in [-0.1, -0.05) is 34.1 Å². The second-order valence-electron chi connectivity index (χ2n) is 9.02. The number of hydrogen-bond donors (Lipinski definition) is 0. The fourth-order valence-corrected chi connectivity index (χ4v) is 7.75. The van der Waals surface area contributed by atoms with Gasteiger partial charge in [0.1, 0.15) is 5.58 Å². The Labute approximate surface area is 166 Å². The van der Waals surface area contributed by atoms with Gasteiger partial charge in [0.2, 0.25) is 5.78 Å². The van der Waals surface area contributed by atoms with Gasteiger partial charge >= 0.3 is 5.97 Å². The summed E-state index contributed by atoms with van der Waals surface area (Å²) < 4.78 is 11.1. The number of rotatable bonds is 5. The number of halogens is 1. The molecule has 142 valence electrons. The molecule has 0 amide bonds. The summed E-state index contributed by atoms with van der Waals surface area (Å²) in [5.41, 5.74) is 0.732. The Balaban J connectivity index is 1.22. The fourth-order valence-electron chi connectivity index (χ4n) is 6.24. The predicted molar refractivity (Wildman–Crippen MR) is 105 cm³/mol. The lowest BCUT2D eigenvalue weighted by Crippen LogP contribution is -2.53. The Hall–Kier alpha value is -1.62. The van der Waals surface area contributed by atoms with Gasteiger partial charge in [-0.05, 0) is 67.9 Å². The second-order valence-corrected chi connectivity index (χ2v) is 10.7. The SMILES string of the molecule is O=C(CC12CC3CC(CC(Br)(C3)C1)C2)OCC(=O)c1cc2ccccc2o1. The molecule has 4 nitrogen and oxygen atoms in total. The largest absolute Gasteiger partial charge is 0.457 e. The van der Waals surface area contributed by atoms with E-state index in [9.17, 15) is 9.59 Å². The van der Waals surface area contributed by atoms with Gasteiger partial charge < -0.3 is 9.15 Å². The number of benzene rings is 1. The van der Waals surface area contributed by atoms with Crippen molar-refractivity contribution in [1.82, 2.24) is 0 Å². The molecule has 0 aliphatic heterocycles. The van der Waals surface area contributed by atoms with Crippen molar-refractivity contribution in [3.05, 3.63) is 36.1 Å². The van der Waals surface area contributed by atoms with Gasteiger partial charge in [-0.25, -0.2) is 0 Å². The summed E-state index contributed by atoms with van der Waals surface area (Å²) in [4.78, 5) is 24.9. The third-order valence-electron chi connectivity index (χ3n) is 6.69. The minimum absolute atomic E-state index is 0.0626. The van der Waals surface area contributed by atoms with Gasteiger partial charge in [-0.2, -0.15) is 0 Å². The van der Waals surface area contributed by atoms with E-state index in [4.69, 9.17) is 9.15 Å². The number of ether oxygens (including phenoxy) is 1. The van der Waals surface area contributed by atoms with E-state index in [1.807, 2.05) is 24.3 Å². The van der Waals surface area contributed by atoms with E-state index in [-0.39, 0.29) is 33.9 Å². The molecular formula is C22H23BrO4. The molecule has 2 unspecified atom stereocenters. The number of ketones is 1. The minimum atomic E-state index is -0.290. The maximum atomic E-state index is 12.5. The first kappa shape index (κ1) is 17.5. The number of carbonyl (C=O) groups excluding carboxylic acids is 2. The molecule has 4 bridgehead atoms. The van der Waals surface area contributed by atoms with Crippen molar-refractivity contribution in [1.29, 1.82) is 0 Å². The van der Waals surface area contributed by atoms with E-state index in [0.29, 0.717) is 12.0 Å². The average molecular weight is 431 g/mol. The van der Waals surface area contributed by atoms with Crippen LogP contribution in [0.3, 0.4) is 0 Å². The third-order valence-corrected chi connectivity index (χ3v) is 7.62. The number of hydrogen-bond acceptors (Lipinski definition) is 4. The molecule has 4 saturated carbocycles. The van der Waals surface area contributed by atoms with Crippen LogP contribution in [0.25, 0.3) is 11.0 Å². The first-order valence-electron chi connectivity index (χ1n) is 9.78. The Morgan fingerprint density at radius 2 is 1.89 bits per heavy atom. The zero-order valence-corrected chi connectivity index (χ0v) is 16.8. The Morgan fingerprint density at radius 1 is 1.15 bits per heavy atom. The molecule has 4 aliphatic carbocycles. The number of alkyl halides is 1. The van der Waals surface area contributed by atoms with Crippen LogP contribution in [-0.4, -0.2) is 22.7 Å². The molecule has 4 fully saturated rings. The first-order chi connectivity index (χ1) is 12.9. The van der Waals surface area contributed by atoms with Crippen LogP contribution in [0.1, 0.15) is 55.5 Å². The van der Waals surface area contributed by atoms with Gasteiger partial charge in [0.15, 0.2) is 12.4 Å². The Bertz CT molecular complexity index is 867. The monoisotopic (exact) mass is 430 g/mol. The van der Waals surface area contributed by atoms with Crippen LogP contribution < -0.4 is 0 Å². The summed E-state index contributed by atoms with van der Waals surface area (Å²) in [5, 5.41) is 0.878. The third kappa shape index (κ3) is 3.24. The number of esters is 1. The van der Waals surface area contributed by atoms with Crippen molar-refractivity contribution in [2.24, 2.45) is 17.3 Å². The van der Waals surface area contributed by atoms with Crippen LogP contribution >= 0.6 is 15.9 Å². The number of carbonyl (C=O) groups is 2. The molecule has 2 aromatic rings. The highest BCUT2D eigenvalue weighted by molar-refractivity contribution is 9.10. The van der Waals surface area contributed by atoms with E-state index in [2.05, 4.69) is 15.9 Å². The van der Waals surface area contributed by atoms with Crippen molar-refractivity contribution >= 4 is 38.7 Å². The quantitative estimate of drug-likeness (QED) is 0.367. The molecule has 1 heterocycles. The smallest absolute Gasteiger partial charge is 0.306 e. The van der Waals surface area contributed by atoms with Crippen LogP contribution in [0.5, 0.6) is 0 Å². The molecule has 6 rings (SSSR count). The van der Waals surface area contributed by atoms with Crippen molar-refractivity contribution in [2.45, 2.75) is 49.3 Å². The fraction of sp³-hybridized carbons (Fsp3) is 0.545. The summed E-state index contributed by atoms with van der Waals surface area (Å²) in [6.07, 6.45) is 7.54. The Morgan fingerprint density at radius 3 is 2.59 bits per heavy atom. The lowest BCUT2D eigenvalue weighted by molar-refractivity contribution is -0.149. The zero-order chi connectivity index (χ0) is 18.6. The normalized spacial score (nSPS) is 34.1. The topological polar surface area (TPSA) is 56.5 Å². The number of furan rings is 1. The lowest BCUT2D eigenvalue weighted by Gasteiger charge is -2.60. The maximum Gasteiger partial charge on any atom is 0.306 e. The zero-order valence-electron chi connectivity index (χ0n) is 15.2. The predicted octanol–water partition coefficient (Wildman–Crippen LogP) is 5.28. The molecule has 0 radical (unpaired) electrons. The van der Waals surface area contributed by atoms with E-state index in [1.165, 1.54) is 19.3 Å². The van der Waals surface area contributed by atoms with Gasteiger partial charge in [-0.3, -0.25) is 9.59 Å². The summed E-state index contributed by atoms with van der Waals surface area (Å²) in [6, 6.07) is 9.18. The standard InChI is InChI=1S/C22H23BrO4/c23-22-9-14-5-15(10-22)8-21(7-14,13-22)11-20(25)26-12-17(24)19-6-16-3-1-2-4-18(16)27-19/h1-4,6,14-15H,5,7-13H2. The molecule has 0 saturated heterocycles. The number of Topliss-reactive ketones (excluding diaryl/α,β-unsaturated/α-hetero) is 1. The van der Waals surface area contributed by atoms with Crippen molar-refractivity contribution in [3.8, 4) is 0 Å². The Kier molecular flexibility index (Phi) is 4.01. The van der Waals surface area contributed by atoms with Crippen LogP contribution in [-0.2, 0) is 9.53 Å². The summed E-state index contributed by atoms with van der Waals surface area (Å²) in [6.45, 7) is -0.249. The highest BCUT2D eigenvalue weighted by Crippen LogP contribution is 2.65. The summed E-state index contributed by atoms with van der Waals surface area (Å²) in [7, 11) is 0. The van der Waals surface area contributed by atoms with E-state index in [1.54, 1.807) is 6.07 Å². The summed E-state index contributed by atoms with van der Waals surface area (Å²) >= 11 is 3.97. The van der Waals surface area contributed by atoms with E-state index in [0.717, 1.165) is 36.5 Å². The average Bonchev–Trinajstić information content (AvgIpc) is 3.01. The van der Waals surface area contributed by atoms with Crippen molar-refractivity contribution < 1.29 is 18.7 Å². The molecule has 1 aromatic carbocycles. The molecule has 0 N–H and O–H groups in total. The van der Waals surface area contributed by atoms with Crippen LogP contribution in [0.4, 0.5) is 0 Å². The van der Waals surface area contributed by atoms with Crippen molar-refractivity contribution in [3.63, 3.8) is 0 Å². The molecule has 2 atom stereocenters. The minimum Gasteiger partial charge on any atom is -0.457 e. The van der Waals surface area contributed by atoms with Gasteiger partial charge in [0, 0.05) is 9.71 Å². The summed E-state index contributed by atoms with van der Waals surface area (Å²) in [5.74, 6) is 1.17. The van der Waals surface area contributed by atoms with Crippen molar-refractivity contribution in [2.75, 3.05) is 6.61 Å². The second kappa shape index (κ2) is 6.20. The first-order valence-corrected chi connectivity index (χ1v) is 10.6. The number of fused-ring (bicyclic) bond motifs is 1. The molecule has 1 aromatic heterocycles. The van der Waals surface area contributed by atoms with Crippen LogP contribution in [0, 0.1) is 17.3 Å². The van der Waals surface area contributed by atoms with E-state index < -0.39 is 0 Å². The molecule has 4 aliphatic rings. The number of para-hydroxylation sites is 1. The van der Waals surface area contributed by atoms with E-state index >= 15 is 0 Å². The molecular weight excluding hydrogens is 408 g/mol. The van der Waals surface area contributed by atoms with Gasteiger partial charge in [-0.15, -0.1) is 0 Å². The maximum absolute atomic E-state index is 12.5. The highest BCUT2D eigenvalue weighted by atomic mass is 79.9. The molecule has 5 heteroatoms. The van der Waals surface area contributed by atoms with Crippen LogP contribution in [0.15, 0.2) is 34.7 Å². The van der Waals surface area contributed by atoms with Crippen LogP contribution in [0.2, 0.25) is 0 Å². The van der Waals surface area contributed by atoms with Gasteiger partial charge in [0.05, 0.1) is 6.42 Å². The highest BCUT2D eigenvalue weighted by Gasteiger charge is 2.57.